The lowest BCUT2D eigenvalue weighted by atomic mass is 10.3. The SMILES string of the molecule is CCN(Cc1ccccn1)c1nc(NC)ncc1Cl. The molecular weight excluding hydrogens is 262 g/mol. The maximum absolute atomic E-state index is 6.18. The fraction of sp³-hybridized carbons (Fsp3) is 0.308. The molecule has 6 heteroatoms. The molecule has 0 unspecified atom stereocenters. The molecule has 2 aromatic rings. The molecule has 0 aliphatic heterocycles. The minimum atomic E-state index is 0.539. The molecule has 0 aliphatic carbocycles. The zero-order valence-corrected chi connectivity index (χ0v) is 11.7. The average Bonchev–Trinajstić information content (AvgIpc) is 2.47. The molecule has 19 heavy (non-hydrogen) atoms. The van der Waals surface area contributed by atoms with E-state index in [1.165, 1.54) is 0 Å². The number of nitrogens with one attached hydrogen (secondary N) is 1. The van der Waals surface area contributed by atoms with Crippen LogP contribution in [0.3, 0.4) is 0 Å². The minimum absolute atomic E-state index is 0.539. The Bertz CT molecular complexity index is 532. The van der Waals surface area contributed by atoms with Gasteiger partial charge in [0, 0.05) is 19.8 Å². The van der Waals surface area contributed by atoms with Gasteiger partial charge < -0.3 is 10.2 Å². The molecule has 0 aromatic carbocycles. The van der Waals surface area contributed by atoms with Crippen molar-refractivity contribution in [3.8, 4) is 0 Å². The van der Waals surface area contributed by atoms with Gasteiger partial charge in [0.05, 0.1) is 18.4 Å². The highest BCUT2D eigenvalue weighted by molar-refractivity contribution is 6.32. The third-order valence-corrected chi connectivity index (χ3v) is 2.98. The Labute approximate surface area is 117 Å². The van der Waals surface area contributed by atoms with Gasteiger partial charge >= 0.3 is 0 Å². The summed E-state index contributed by atoms with van der Waals surface area (Å²) < 4.78 is 0. The van der Waals surface area contributed by atoms with Crippen LogP contribution in [0.1, 0.15) is 12.6 Å². The van der Waals surface area contributed by atoms with Crippen molar-refractivity contribution in [2.75, 3.05) is 23.8 Å². The summed E-state index contributed by atoms with van der Waals surface area (Å²) in [6.45, 7) is 3.51. The molecule has 100 valence electrons. The van der Waals surface area contributed by atoms with Gasteiger partial charge in [-0.2, -0.15) is 4.98 Å². The number of hydrogen-bond donors (Lipinski definition) is 1. The van der Waals surface area contributed by atoms with Crippen molar-refractivity contribution in [1.29, 1.82) is 0 Å². The van der Waals surface area contributed by atoms with Crippen LogP contribution in [-0.2, 0) is 6.54 Å². The van der Waals surface area contributed by atoms with Gasteiger partial charge in [-0.3, -0.25) is 4.98 Å². The van der Waals surface area contributed by atoms with E-state index < -0.39 is 0 Å². The molecule has 0 fully saturated rings. The summed E-state index contributed by atoms with van der Waals surface area (Å²) in [5, 5.41) is 3.45. The standard InChI is InChI=1S/C13H16ClN5/c1-3-19(9-10-6-4-5-7-16-10)12-11(14)8-17-13(15-2)18-12/h4-8H,3,9H2,1-2H3,(H,15,17,18). The number of aromatic nitrogens is 3. The summed E-state index contributed by atoms with van der Waals surface area (Å²) in [6.07, 6.45) is 3.39. The molecule has 0 radical (unpaired) electrons. The maximum atomic E-state index is 6.18. The van der Waals surface area contributed by atoms with Crippen LogP contribution in [0.25, 0.3) is 0 Å². The van der Waals surface area contributed by atoms with Crippen LogP contribution in [0.5, 0.6) is 0 Å². The number of pyridine rings is 1. The van der Waals surface area contributed by atoms with Crippen molar-refractivity contribution in [3.05, 3.63) is 41.3 Å². The zero-order valence-electron chi connectivity index (χ0n) is 11.0. The van der Waals surface area contributed by atoms with Gasteiger partial charge in [0.1, 0.15) is 5.02 Å². The Balaban J connectivity index is 2.26. The lowest BCUT2D eigenvalue weighted by molar-refractivity contribution is 0.792. The summed E-state index contributed by atoms with van der Waals surface area (Å²) in [7, 11) is 1.78. The predicted octanol–water partition coefficient (Wildman–Crippen LogP) is 2.59. The van der Waals surface area contributed by atoms with Gasteiger partial charge in [-0.05, 0) is 19.1 Å². The fourth-order valence-electron chi connectivity index (χ4n) is 1.72. The molecule has 0 atom stereocenters. The largest absolute Gasteiger partial charge is 0.357 e. The van der Waals surface area contributed by atoms with Crippen LogP contribution in [0.15, 0.2) is 30.6 Å². The van der Waals surface area contributed by atoms with Crippen LogP contribution < -0.4 is 10.2 Å². The third kappa shape index (κ3) is 3.32. The van der Waals surface area contributed by atoms with E-state index in [1.807, 2.05) is 18.2 Å². The highest BCUT2D eigenvalue weighted by Crippen LogP contribution is 2.24. The number of hydrogen-bond acceptors (Lipinski definition) is 5. The molecule has 0 saturated carbocycles. The van der Waals surface area contributed by atoms with Crippen molar-refractivity contribution in [3.63, 3.8) is 0 Å². The van der Waals surface area contributed by atoms with E-state index in [0.717, 1.165) is 12.2 Å². The number of halogens is 1. The summed E-state index contributed by atoms with van der Waals surface area (Å²) in [4.78, 5) is 14.9. The van der Waals surface area contributed by atoms with E-state index in [2.05, 4.69) is 32.1 Å². The highest BCUT2D eigenvalue weighted by atomic mass is 35.5. The Morgan fingerprint density at radius 1 is 1.32 bits per heavy atom. The van der Waals surface area contributed by atoms with Gasteiger partial charge in [0.2, 0.25) is 5.95 Å². The summed E-state index contributed by atoms with van der Waals surface area (Å²) >= 11 is 6.18. The molecular formula is C13H16ClN5. The van der Waals surface area contributed by atoms with Crippen LogP contribution in [0.4, 0.5) is 11.8 Å². The number of anilines is 2. The monoisotopic (exact) mass is 277 g/mol. The lowest BCUT2D eigenvalue weighted by Crippen LogP contribution is -2.24. The fourth-order valence-corrected chi connectivity index (χ4v) is 1.93. The molecule has 2 rings (SSSR count). The van der Waals surface area contributed by atoms with E-state index in [0.29, 0.717) is 23.3 Å². The van der Waals surface area contributed by atoms with Crippen LogP contribution in [-0.4, -0.2) is 28.5 Å². The first-order valence-electron chi connectivity index (χ1n) is 6.09. The summed E-state index contributed by atoms with van der Waals surface area (Å²) in [5.74, 6) is 1.27. The first kappa shape index (κ1) is 13.5. The van der Waals surface area contributed by atoms with Gasteiger partial charge in [0.15, 0.2) is 5.82 Å². The van der Waals surface area contributed by atoms with Crippen LogP contribution in [0.2, 0.25) is 5.02 Å². The van der Waals surface area contributed by atoms with Gasteiger partial charge in [-0.15, -0.1) is 0 Å². The van der Waals surface area contributed by atoms with Gasteiger partial charge in [0.25, 0.3) is 0 Å². The molecule has 1 N–H and O–H groups in total. The normalized spacial score (nSPS) is 10.3. The Morgan fingerprint density at radius 2 is 2.16 bits per heavy atom. The second-order valence-electron chi connectivity index (χ2n) is 3.95. The lowest BCUT2D eigenvalue weighted by Gasteiger charge is -2.22. The third-order valence-electron chi connectivity index (χ3n) is 2.71. The van der Waals surface area contributed by atoms with Crippen molar-refractivity contribution in [2.45, 2.75) is 13.5 Å². The number of nitrogens with zero attached hydrogens (tertiary/aromatic N) is 4. The van der Waals surface area contributed by atoms with Gasteiger partial charge in [-0.25, -0.2) is 4.98 Å². The van der Waals surface area contributed by atoms with Crippen molar-refractivity contribution >= 4 is 23.4 Å². The first-order valence-corrected chi connectivity index (χ1v) is 6.47. The highest BCUT2D eigenvalue weighted by Gasteiger charge is 2.13. The van der Waals surface area contributed by atoms with Crippen molar-refractivity contribution < 1.29 is 0 Å². The maximum Gasteiger partial charge on any atom is 0.224 e. The smallest absolute Gasteiger partial charge is 0.224 e. The molecule has 5 nitrogen and oxygen atoms in total. The van der Waals surface area contributed by atoms with E-state index >= 15 is 0 Å². The van der Waals surface area contributed by atoms with Gasteiger partial charge in [-0.1, -0.05) is 17.7 Å². The van der Waals surface area contributed by atoms with Crippen molar-refractivity contribution in [2.24, 2.45) is 0 Å². The minimum Gasteiger partial charge on any atom is -0.357 e. The number of rotatable bonds is 5. The Morgan fingerprint density at radius 3 is 2.79 bits per heavy atom. The van der Waals surface area contributed by atoms with E-state index in [-0.39, 0.29) is 0 Å². The topological polar surface area (TPSA) is 53.9 Å². The molecule has 0 saturated heterocycles. The van der Waals surface area contributed by atoms with Crippen LogP contribution >= 0.6 is 11.6 Å². The van der Waals surface area contributed by atoms with Crippen molar-refractivity contribution in [1.82, 2.24) is 15.0 Å². The molecule has 2 aromatic heterocycles. The first-order chi connectivity index (χ1) is 9.24. The molecule has 0 amide bonds. The van der Waals surface area contributed by atoms with Crippen LogP contribution in [0, 0.1) is 0 Å². The summed E-state index contributed by atoms with van der Waals surface area (Å²) in [6, 6.07) is 5.85. The molecule has 0 spiro atoms. The van der Waals surface area contributed by atoms with E-state index in [4.69, 9.17) is 11.6 Å². The zero-order chi connectivity index (χ0) is 13.7. The average molecular weight is 278 g/mol. The summed E-state index contributed by atoms with van der Waals surface area (Å²) in [5.41, 5.74) is 0.977. The van der Waals surface area contributed by atoms with E-state index in [9.17, 15) is 0 Å². The molecule has 0 bridgehead atoms. The Hall–Kier alpha value is -1.88. The predicted molar refractivity (Wildman–Crippen MR) is 77.5 cm³/mol. The van der Waals surface area contributed by atoms with E-state index in [1.54, 1.807) is 19.4 Å². The molecule has 0 aliphatic rings. The second-order valence-corrected chi connectivity index (χ2v) is 4.36. The quantitative estimate of drug-likeness (QED) is 0.910. The Kier molecular flexibility index (Phi) is 4.52. The second kappa shape index (κ2) is 6.33. The molecule has 2 heterocycles.